The number of phosphoric acid groups is 1. The molecule has 2 unspecified atom stereocenters. The predicted molar refractivity (Wildman–Crippen MR) is 295 cm³/mol. The number of hydrogen-bond acceptors (Lipinski definition) is 12. The molecular formula is C60H100NO12P. The van der Waals surface area contributed by atoms with Crippen molar-refractivity contribution in [1.29, 1.82) is 0 Å². The lowest BCUT2D eigenvalue weighted by atomic mass is 9.77. The zero-order chi connectivity index (χ0) is 53.5. The van der Waals surface area contributed by atoms with E-state index in [4.69, 9.17) is 23.0 Å². The van der Waals surface area contributed by atoms with Crippen LogP contribution in [0.15, 0.2) is 60.7 Å². The summed E-state index contributed by atoms with van der Waals surface area (Å²) in [6.45, 7) is 5.74. The number of carbonyl (C=O) groups excluding carboxylic acids is 3. The summed E-state index contributed by atoms with van der Waals surface area (Å²) in [6.07, 6.45) is 27.3. The average molecular weight is 1060 g/mol. The number of ketones is 1. The van der Waals surface area contributed by atoms with Crippen molar-refractivity contribution in [2.75, 3.05) is 6.61 Å². The number of para-hydroxylation sites is 2. The quantitative estimate of drug-likeness (QED) is 0.0280. The van der Waals surface area contributed by atoms with Crippen molar-refractivity contribution in [3.05, 3.63) is 60.7 Å². The normalized spacial score (nSPS) is 19.2. The van der Waals surface area contributed by atoms with Crippen LogP contribution in [0.4, 0.5) is 0 Å². The van der Waals surface area contributed by atoms with Gasteiger partial charge >= 0.3 is 13.8 Å². The van der Waals surface area contributed by atoms with E-state index in [1.807, 2.05) is 0 Å². The van der Waals surface area contributed by atoms with Crippen LogP contribution < -0.4 is 14.4 Å². The van der Waals surface area contributed by atoms with Crippen molar-refractivity contribution in [3.8, 4) is 11.5 Å². The minimum absolute atomic E-state index is 0.0783. The third-order valence-electron chi connectivity index (χ3n) is 14.3. The molecule has 0 radical (unpaired) electrons. The number of benzene rings is 2. The maximum atomic E-state index is 14.9. The van der Waals surface area contributed by atoms with Gasteiger partial charge in [-0.1, -0.05) is 243 Å². The predicted octanol–water partition coefficient (Wildman–Crippen LogP) is 14.8. The summed E-state index contributed by atoms with van der Waals surface area (Å²) in [4.78, 5) is 42.9. The molecule has 1 fully saturated rings. The highest BCUT2D eigenvalue weighted by molar-refractivity contribution is 7.49. The molecule has 1 heterocycles. The number of rotatable bonds is 46. The molecule has 0 spiro atoms. The summed E-state index contributed by atoms with van der Waals surface area (Å²) in [5, 5.41) is 38.1. The van der Waals surface area contributed by atoms with E-state index in [0.717, 1.165) is 70.6 Å². The number of amides is 1. The van der Waals surface area contributed by atoms with Crippen LogP contribution >= 0.6 is 7.82 Å². The standard InChI is InChI=1S/C60H100NO12P/c1-4-7-10-13-16-19-22-25-28-31-40-47-54(63)60(67)56(59(66)70-53(49-62)57(60)73-74(68,71-50-42-35-33-36-43-50)72-51-44-37-34-38-45-51)61-58(65)52(46-39-30-27-24-21-18-15-12-9-6-3)69-55(64)48-41-32-29-26-23-20-17-14-11-8-5-2/h33-38,42-45,52-53,56-57,59,62,66-67H,4-32,39-41,46-49H2,1-3H3,(H,61,65)/t52?,53-,56+,57-,59?,60-/m1/s1. The Kier molecular flexibility index (Phi) is 35.1. The molecule has 0 saturated carbocycles. The van der Waals surface area contributed by atoms with Crippen LogP contribution in [0, 0.1) is 0 Å². The first-order chi connectivity index (χ1) is 36.0. The smallest absolute Gasteiger partial charge is 0.452 e. The van der Waals surface area contributed by atoms with Gasteiger partial charge in [0.1, 0.15) is 29.7 Å². The second-order valence-corrected chi connectivity index (χ2v) is 22.3. The van der Waals surface area contributed by atoms with Crippen LogP contribution in [-0.2, 0) is 32.9 Å². The Bertz CT molecular complexity index is 1740. The van der Waals surface area contributed by atoms with Gasteiger partial charge in [0.25, 0.3) is 5.91 Å². The second-order valence-electron chi connectivity index (χ2n) is 20.8. The summed E-state index contributed by atoms with van der Waals surface area (Å²) < 4.78 is 44.7. The van der Waals surface area contributed by atoms with E-state index in [9.17, 15) is 34.3 Å². The first-order valence-corrected chi connectivity index (χ1v) is 30.9. The molecule has 1 saturated heterocycles. The molecule has 74 heavy (non-hydrogen) atoms. The van der Waals surface area contributed by atoms with Crippen LogP contribution in [0.1, 0.15) is 245 Å². The number of unbranched alkanes of at least 4 members (excludes halogenated alkanes) is 29. The van der Waals surface area contributed by atoms with E-state index in [1.165, 1.54) is 133 Å². The van der Waals surface area contributed by atoms with E-state index in [2.05, 4.69) is 26.1 Å². The number of ether oxygens (including phenoxy) is 2. The maximum Gasteiger partial charge on any atom is 0.588 e. The molecule has 6 atom stereocenters. The first kappa shape index (κ1) is 65.0. The molecule has 13 nitrogen and oxygen atoms in total. The summed E-state index contributed by atoms with van der Waals surface area (Å²) in [5.74, 6) is -2.05. The molecule has 1 aliphatic rings. The highest BCUT2D eigenvalue weighted by atomic mass is 31.2. The van der Waals surface area contributed by atoms with E-state index in [1.54, 1.807) is 36.4 Å². The van der Waals surface area contributed by atoms with Crippen molar-refractivity contribution < 1.29 is 57.3 Å². The monoisotopic (exact) mass is 1060 g/mol. The van der Waals surface area contributed by atoms with Crippen molar-refractivity contribution >= 4 is 25.5 Å². The Morgan fingerprint density at radius 1 is 0.581 bits per heavy atom. The van der Waals surface area contributed by atoms with Crippen molar-refractivity contribution in [1.82, 2.24) is 5.32 Å². The van der Waals surface area contributed by atoms with Gasteiger partial charge in [-0.3, -0.25) is 18.9 Å². The number of aliphatic hydroxyl groups excluding tert-OH is 2. The van der Waals surface area contributed by atoms with Crippen LogP contribution in [0.25, 0.3) is 0 Å². The van der Waals surface area contributed by atoms with E-state index in [-0.39, 0.29) is 30.8 Å². The van der Waals surface area contributed by atoms with Crippen molar-refractivity contribution in [3.63, 3.8) is 0 Å². The van der Waals surface area contributed by atoms with Gasteiger partial charge in [-0.15, -0.1) is 0 Å². The number of esters is 1. The number of hydrogen-bond donors (Lipinski definition) is 4. The van der Waals surface area contributed by atoms with Crippen molar-refractivity contribution in [2.24, 2.45) is 0 Å². The molecule has 0 aromatic heterocycles. The van der Waals surface area contributed by atoms with Gasteiger partial charge < -0.3 is 39.2 Å². The van der Waals surface area contributed by atoms with Gasteiger partial charge in [0.15, 0.2) is 23.8 Å². The third kappa shape index (κ3) is 26.2. The van der Waals surface area contributed by atoms with E-state index >= 15 is 0 Å². The molecule has 0 bridgehead atoms. The van der Waals surface area contributed by atoms with Crippen LogP contribution in [0.3, 0.4) is 0 Å². The summed E-state index contributed by atoms with van der Waals surface area (Å²) in [6, 6.07) is 14.2. The zero-order valence-electron chi connectivity index (χ0n) is 46.1. The van der Waals surface area contributed by atoms with Crippen molar-refractivity contribution in [2.45, 2.75) is 282 Å². The fourth-order valence-corrected chi connectivity index (χ4v) is 11.3. The number of phosphoric ester groups is 1. The average Bonchev–Trinajstić information content (AvgIpc) is 3.39. The number of Topliss-reactive ketones (excluding diaryl/α,β-unsaturated/α-hetero) is 1. The Balaban J connectivity index is 1.86. The highest BCUT2D eigenvalue weighted by Crippen LogP contribution is 2.53. The van der Waals surface area contributed by atoms with Gasteiger partial charge in [0, 0.05) is 12.8 Å². The zero-order valence-corrected chi connectivity index (χ0v) is 47.0. The van der Waals surface area contributed by atoms with Gasteiger partial charge in [0.2, 0.25) is 0 Å². The van der Waals surface area contributed by atoms with Gasteiger partial charge in [-0.25, -0.2) is 4.57 Å². The topological polar surface area (TPSA) is 187 Å². The number of carbonyl (C=O) groups is 3. The van der Waals surface area contributed by atoms with Crippen LogP contribution in [0.2, 0.25) is 0 Å². The van der Waals surface area contributed by atoms with Crippen LogP contribution in [0.5, 0.6) is 11.5 Å². The fourth-order valence-electron chi connectivity index (χ4n) is 9.84. The molecule has 0 aliphatic carbocycles. The molecule has 2 aromatic rings. The summed E-state index contributed by atoms with van der Waals surface area (Å²) >= 11 is 0. The van der Waals surface area contributed by atoms with Crippen LogP contribution in [-0.4, -0.2) is 75.8 Å². The minimum Gasteiger partial charge on any atom is -0.452 e. The Morgan fingerprint density at radius 3 is 1.36 bits per heavy atom. The molecule has 14 heteroatoms. The fraction of sp³-hybridized carbons (Fsp3) is 0.750. The number of aliphatic hydroxyl groups is 3. The molecule has 1 amide bonds. The lowest BCUT2D eigenvalue weighted by molar-refractivity contribution is -0.276. The van der Waals surface area contributed by atoms with E-state index in [0.29, 0.717) is 25.7 Å². The molecular weight excluding hydrogens is 958 g/mol. The molecule has 3 rings (SSSR count). The lowest BCUT2D eigenvalue weighted by Crippen LogP contribution is -2.75. The lowest BCUT2D eigenvalue weighted by Gasteiger charge is -2.49. The van der Waals surface area contributed by atoms with Gasteiger partial charge in [0.05, 0.1) is 6.61 Å². The highest BCUT2D eigenvalue weighted by Gasteiger charge is 2.63. The first-order valence-electron chi connectivity index (χ1n) is 29.5. The third-order valence-corrected chi connectivity index (χ3v) is 15.7. The Morgan fingerprint density at radius 2 is 0.959 bits per heavy atom. The minimum atomic E-state index is -4.91. The van der Waals surface area contributed by atoms with Gasteiger partial charge in [-0.05, 0) is 49.9 Å². The Hall–Kier alpha value is -3.32. The SMILES string of the molecule is CCCCCCCCCCCCCC(=O)OC(CCCCCCCCCCCC)C(=O)N[C@H]1C(O)O[C@H](CO)[C@@H](OP(=O)(Oc2ccccc2)Oc2ccccc2)[C@@]1(O)C(=O)CCCCCCCCCCCCC. The molecule has 4 N–H and O–H groups in total. The summed E-state index contributed by atoms with van der Waals surface area (Å²) in [5.41, 5.74) is -2.86. The molecule has 422 valence electrons. The second kappa shape index (κ2) is 40.0. The number of nitrogens with one attached hydrogen (secondary N) is 1. The van der Waals surface area contributed by atoms with Gasteiger partial charge in [-0.2, -0.15) is 0 Å². The largest absolute Gasteiger partial charge is 0.588 e. The van der Waals surface area contributed by atoms with E-state index < -0.39 is 68.3 Å². The Labute approximate surface area is 447 Å². The molecule has 1 aliphatic heterocycles. The maximum absolute atomic E-state index is 14.9. The molecule has 2 aromatic carbocycles. The summed E-state index contributed by atoms with van der Waals surface area (Å²) in [7, 11) is -4.91.